The molecule has 0 spiro atoms. The third kappa shape index (κ3) is 3.22. The lowest BCUT2D eigenvalue weighted by molar-refractivity contribution is 0.00830. The predicted octanol–water partition coefficient (Wildman–Crippen LogP) is 2.69. The van der Waals surface area contributed by atoms with E-state index in [2.05, 4.69) is 0 Å². The molecule has 0 aliphatic heterocycles. The molecule has 0 amide bonds. The molecule has 1 aromatic rings. The number of carbonyl (C=O) groups excluding carboxylic acids is 1. The molecular formula is C12H15ClO3. The van der Waals surface area contributed by atoms with Crippen LogP contribution in [-0.2, 0) is 0 Å². The smallest absolute Gasteiger partial charge is 0.153 e. The maximum absolute atomic E-state index is 10.8. The summed E-state index contributed by atoms with van der Waals surface area (Å²) in [7, 11) is 0. The molecule has 0 saturated heterocycles. The third-order valence-corrected chi connectivity index (χ3v) is 2.71. The van der Waals surface area contributed by atoms with Crippen LogP contribution in [0.1, 0.15) is 30.6 Å². The first-order chi connectivity index (χ1) is 7.50. The van der Waals surface area contributed by atoms with E-state index in [1.54, 1.807) is 25.1 Å². The van der Waals surface area contributed by atoms with Crippen molar-refractivity contribution >= 4 is 17.9 Å². The highest BCUT2D eigenvalue weighted by Crippen LogP contribution is 2.28. The average molecular weight is 243 g/mol. The Hall–Kier alpha value is -1.06. The number of hydrogen-bond acceptors (Lipinski definition) is 3. The Kier molecular flexibility index (Phi) is 4.33. The van der Waals surface area contributed by atoms with Crippen molar-refractivity contribution in [2.24, 2.45) is 0 Å². The molecule has 3 nitrogen and oxygen atoms in total. The molecule has 0 saturated carbocycles. The number of carbonyl (C=O) groups is 1. The second-order valence-corrected chi connectivity index (χ2v) is 4.32. The molecule has 0 aliphatic carbocycles. The fraction of sp³-hybridized carbons (Fsp3) is 0.417. The Morgan fingerprint density at radius 1 is 1.56 bits per heavy atom. The predicted molar refractivity (Wildman–Crippen MR) is 63.2 cm³/mol. The van der Waals surface area contributed by atoms with Crippen LogP contribution in [0.15, 0.2) is 18.2 Å². The van der Waals surface area contributed by atoms with Gasteiger partial charge in [0.2, 0.25) is 0 Å². The highest BCUT2D eigenvalue weighted by molar-refractivity contribution is 6.32. The zero-order valence-electron chi connectivity index (χ0n) is 9.37. The summed E-state index contributed by atoms with van der Waals surface area (Å²) >= 11 is 5.91. The molecule has 1 aromatic carbocycles. The van der Waals surface area contributed by atoms with Crippen molar-refractivity contribution in [1.29, 1.82) is 0 Å². The van der Waals surface area contributed by atoms with Gasteiger partial charge in [0, 0.05) is 0 Å². The Morgan fingerprint density at radius 3 is 2.81 bits per heavy atom. The number of halogens is 1. The standard InChI is InChI=1S/C12H15ClO3/c1-3-12(2,15)8-16-11-9(7-14)5-4-6-10(11)13/h4-7,15H,3,8H2,1-2H3. The van der Waals surface area contributed by atoms with Crippen LogP contribution in [-0.4, -0.2) is 23.6 Å². The minimum atomic E-state index is -0.917. The van der Waals surface area contributed by atoms with E-state index >= 15 is 0 Å². The molecule has 4 heteroatoms. The Labute approximate surface area is 100.0 Å². The van der Waals surface area contributed by atoms with Gasteiger partial charge in [-0.25, -0.2) is 0 Å². The molecule has 0 fully saturated rings. The summed E-state index contributed by atoms with van der Waals surface area (Å²) in [6, 6.07) is 4.94. The van der Waals surface area contributed by atoms with Gasteiger partial charge in [-0.2, -0.15) is 0 Å². The number of ether oxygens (including phenoxy) is 1. The molecule has 0 heterocycles. The lowest BCUT2D eigenvalue weighted by Gasteiger charge is -2.22. The highest BCUT2D eigenvalue weighted by atomic mass is 35.5. The molecule has 0 bridgehead atoms. The summed E-state index contributed by atoms with van der Waals surface area (Å²) in [5.74, 6) is 0.327. The van der Waals surface area contributed by atoms with Gasteiger partial charge in [0.05, 0.1) is 16.2 Å². The first kappa shape index (κ1) is 13.0. The van der Waals surface area contributed by atoms with Gasteiger partial charge in [-0.3, -0.25) is 4.79 Å². The Balaban J connectivity index is 2.84. The van der Waals surface area contributed by atoms with E-state index in [-0.39, 0.29) is 6.61 Å². The quantitative estimate of drug-likeness (QED) is 0.808. The second kappa shape index (κ2) is 5.32. The minimum absolute atomic E-state index is 0.105. The minimum Gasteiger partial charge on any atom is -0.488 e. The molecule has 88 valence electrons. The topological polar surface area (TPSA) is 46.5 Å². The average Bonchev–Trinajstić information content (AvgIpc) is 2.27. The van der Waals surface area contributed by atoms with Crippen LogP contribution in [0.5, 0.6) is 5.75 Å². The van der Waals surface area contributed by atoms with E-state index < -0.39 is 5.60 Å². The van der Waals surface area contributed by atoms with E-state index in [0.29, 0.717) is 29.0 Å². The van der Waals surface area contributed by atoms with Crippen LogP contribution >= 0.6 is 11.6 Å². The maximum Gasteiger partial charge on any atom is 0.153 e. The van der Waals surface area contributed by atoms with Gasteiger partial charge in [-0.15, -0.1) is 0 Å². The molecule has 0 aromatic heterocycles. The van der Waals surface area contributed by atoms with Gasteiger partial charge in [-0.1, -0.05) is 24.6 Å². The monoisotopic (exact) mass is 242 g/mol. The van der Waals surface area contributed by atoms with Crippen molar-refractivity contribution < 1.29 is 14.6 Å². The third-order valence-electron chi connectivity index (χ3n) is 2.41. The van der Waals surface area contributed by atoms with Crippen LogP contribution in [0.2, 0.25) is 5.02 Å². The number of hydrogen-bond donors (Lipinski definition) is 1. The van der Waals surface area contributed by atoms with Crippen LogP contribution in [0.4, 0.5) is 0 Å². The summed E-state index contributed by atoms with van der Waals surface area (Å²) in [5.41, 5.74) is -0.529. The first-order valence-electron chi connectivity index (χ1n) is 5.09. The van der Waals surface area contributed by atoms with Crippen molar-refractivity contribution in [3.8, 4) is 5.75 Å². The molecule has 0 radical (unpaired) electrons. The zero-order valence-corrected chi connectivity index (χ0v) is 10.1. The van der Waals surface area contributed by atoms with E-state index in [9.17, 15) is 9.90 Å². The van der Waals surface area contributed by atoms with E-state index in [1.807, 2.05) is 6.92 Å². The lowest BCUT2D eigenvalue weighted by atomic mass is 10.1. The SMILES string of the molecule is CCC(C)(O)COc1c(Cl)cccc1C=O. The van der Waals surface area contributed by atoms with Gasteiger partial charge in [0.25, 0.3) is 0 Å². The van der Waals surface area contributed by atoms with Crippen molar-refractivity contribution in [3.05, 3.63) is 28.8 Å². The summed E-state index contributed by atoms with van der Waals surface area (Å²) in [4.78, 5) is 10.8. The second-order valence-electron chi connectivity index (χ2n) is 3.92. The van der Waals surface area contributed by atoms with Crippen molar-refractivity contribution in [1.82, 2.24) is 0 Å². The van der Waals surface area contributed by atoms with Crippen LogP contribution in [0, 0.1) is 0 Å². The molecule has 1 N–H and O–H groups in total. The summed E-state index contributed by atoms with van der Waals surface area (Å²) < 4.78 is 5.40. The highest BCUT2D eigenvalue weighted by Gasteiger charge is 2.20. The van der Waals surface area contributed by atoms with Gasteiger partial charge in [-0.05, 0) is 25.5 Å². The number of para-hydroxylation sites is 1. The van der Waals surface area contributed by atoms with Crippen molar-refractivity contribution in [2.45, 2.75) is 25.9 Å². The summed E-state index contributed by atoms with van der Waals surface area (Å²) in [5, 5.41) is 10.2. The first-order valence-corrected chi connectivity index (χ1v) is 5.47. The normalized spacial score (nSPS) is 14.2. The van der Waals surface area contributed by atoms with Gasteiger partial charge >= 0.3 is 0 Å². The van der Waals surface area contributed by atoms with Crippen LogP contribution in [0.25, 0.3) is 0 Å². The molecule has 1 rings (SSSR count). The fourth-order valence-electron chi connectivity index (χ4n) is 1.10. The van der Waals surface area contributed by atoms with E-state index in [4.69, 9.17) is 16.3 Å². The van der Waals surface area contributed by atoms with E-state index in [0.717, 1.165) is 0 Å². The number of aldehydes is 1. The largest absolute Gasteiger partial charge is 0.488 e. The molecule has 1 atom stereocenters. The van der Waals surface area contributed by atoms with Gasteiger partial charge in [0.15, 0.2) is 6.29 Å². The molecule has 1 unspecified atom stereocenters. The van der Waals surface area contributed by atoms with Crippen LogP contribution < -0.4 is 4.74 Å². The number of aliphatic hydroxyl groups is 1. The Morgan fingerprint density at radius 2 is 2.25 bits per heavy atom. The zero-order chi connectivity index (χ0) is 12.2. The van der Waals surface area contributed by atoms with Gasteiger partial charge < -0.3 is 9.84 Å². The lowest BCUT2D eigenvalue weighted by Crippen LogP contribution is -2.31. The molecular weight excluding hydrogens is 228 g/mol. The molecule has 16 heavy (non-hydrogen) atoms. The number of rotatable bonds is 5. The maximum atomic E-state index is 10.8. The van der Waals surface area contributed by atoms with Crippen molar-refractivity contribution in [3.63, 3.8) is 0 Å². The summed E-state index contributed by atoms with van der Waals surface area (Å²) in [6.07, 6.45) is 1.25. The Bertz CT molecular complexity index is 375. The number of benzene rings is 1. The summed E-state index contributed by atoms with van der Waals surface area (Å²) in [6.45, 7) is 3.63. The van der Waals surface area contributed by atoms with Gasteiger partial charge in [0.1, 0.15) is 12.4 Å². The fourth-order valence-corrected chi connectivity index (χ4v) is 1.34. The van der Waals surface area contributed by atoms with E-state index in [1.165, 1.54) is 0 Å². The van der Waals surface area contributed by atoms with Crippen molar-refractivity contribution in [2.75, 3.05) is 6.61 Å². The molecule has 0 aliphatic rings. The van der Waals surface area contributed by atoms with Crippen LogP contribution in [0.3, 0.4) is 0 Å².